The summed E-state index contributed by atoms with van der Waals surface area (Å²) >= 11 is 1.28. The average molecular weight is 372 g/mol. The van der Waals surface area contributed by atoms with Gasteiger partial charge in [-0.2, -0.15) is 4.99 Å². The first-order chi connectivity index (χ1) is 11.8. The van der Waals surface area contributed by atoms with Gasteiger partial charge in [0.1, 0.15) is 0 Å². The third-order valence-electron chi connectivity index (χ3n) is 3.63. The molecular formula is C18H16N2O3S2. The van der Waals surface area contributed by atoms with Gasteiger partial charge in [-0.1, -0.05) is 41.7 Å². The van der Waals surface area contributed by atoms with Gasteiger partial charge in [0.25, 0.3) is 5.91 Å². The number of amides is 1. The molecule has 5 nitrogen and oxygen atoms in total. The molecule has 1 heterocycles. The number of thiazole rings is 1. The van der Waals surface area contributed by atoms with Crippen LogP contribution in [0.1, 0.15) is 5.56 Å². The Morgan fingerprint density at radius 2 is 1.88 bits per heavy atom. The Morgan fingerprint density at radius 1 is 1.16 bits per heavy atom. The number of rotatable bonds is 3. The highest BCUT2D eigenvalue weighted by Gasteiger charge is 2.10. The van der Waals surface area contributed by atoms with Crippen LogP contribution in [0.4, 0.5) is 0 Å². The highest BCUT2D eigenvalue weighted by Crippen LogP contribution is 2.21. The lowest BCUT2D eigenvalue weighted by molar-refractivity contribution is -0.113. The molecule has 0 bridgehead atoms. The lowest BCUT2D eigenvalue weighted by Crippen LogP contribution is -2.12. The maximum atomic E-state index is 12.1. The molecule has 0 saturated carbocycles. The molecule has 128 valence electrons. The average Bonchev–Trinajstić information content (AvgIpc) is 2.88. The van der Waals surface area contributed by atoms with Crippen molar-refractivity contribution in [1.82, 2.24) is 4.57 Å². The van der Waals surface area contributed by atoms with Crippen molar-refractivity contribution in [2.75, 3.05) is 6.26 Å². The van der Waals surface area contributed by atoms with Crippen molar-refractivity contribution in [1.29, 1.82) is 0 Å². The van der Waals surface area contributed by atoms with Crippen LogP contribution in [-0.2, 0) is 21.7 Å². The lowest BCUT2D eigenvalue weighted by atomic mass is 10.2. The van der Waals surface area contributed by atoms with E-state index in [1.54, 1.807) is 35.9 Å². The predicted octanol–water partition coefficient (Wildman–Crippen LogP) is 2.78. The van der Waals surface area contributed by atoms with E-state index in [4.69, 9.17) is 0 Å². The fourth-order valence-electron chi connectivity index (χ4n) is 2.31. The molecule has 2 aromatic carbocycles. The Labute approximate surface area is 149 Å². The molecule has 0 N–H and O–H groups in total. The number of benzene rings is 2. The summed E-state index contributed by atoms with van der Waals surface area (Å²) in [5.74, 6) is -0.366. The van der Waals surface area contributed by atoms with Crippen molar-refractivity contribution >= 4 is 43.4 Å². The number of hydrogen-bond donors (Lipinski definition) is 0. The smallest absolute Gasteiger partial charge is 0.272 e. The minimum Gasteiger partial charge on any atom is -0.319 e. The monoisotopic (exact) mass is 372 g/mol. The zero-order chi connectivity index (χ0) is 18.0. The lowest BCUT2D eigenvalue weighted by Gasteiger charge is -1.98. The Morgan fingerprint density at radius 3 is 2.56 bits per heavy atom. The number of nitrogens with zero attached hydrogens (tertiary/aromatic N) is 2. The van der Waals surface area contributed by atoms with Crippen molar-refractivity contribution in [3.8, 4) is 0 Å². The predicted molar refractivity (Wildman–Crippen MR) is 100.0 cm³/mol. The van der Waals surface area contributed by atoms with Gasteiger partial charge in [-0.3, -0.25) is 4.79 Å². The summed E-state index contributed by atoms with van der Waals surface area (Å²) in [6.07, 6.45) is 4.30. The molecule has 3 rings (SSSR count). The number of aryl methyl sites for hydroxylation is 1. The normalized spacial score (nSPS) is 13.0. The molecule has 25 heavy (non-hydrogen) atoms. The van der Waals surface area contributed by atoms with Gasteiger partial charge in [0.05, 0.1) is 15.1 Å². The standard InChI is InChI=1S/C18H16N2O3S2/c1-20-15-10-9-14(25(2,22)23)12-16(15)24-18(20)19-17(21)11-8-13-6-4-3-5-7-13/h3-12H,1-2H3. The Balaban J connectivity index is 1.97. The van der Waals surface area contributed by atoms with Crippen LogP contribution in [0.15, 0.2) is 64.5 Å². The van der Waals surface area contributed by atoms with Crippen molar-refractivity contribution < 1.29 is 13.2 Å². The van der Waals surface area contributed by atoms with Gasteiger partial charge >= 0.3 is 0 Å². The number of carbonyl (C=O) groups is 1. The molecule has 0 spiro atoms. The molecular weight excluding hydrogens is 356 g/mol. The minimum atomic E-state index is -3.27. The minimum absolute atomic E-state index is 0.253. The van der Waals surface area contributed by atoms with Gasteiger partial charge in [-0.15, -0.1) is 0 Å². The topological polar surface area (TPSA) is 68.5 Å². The summed E-state index contributed by atoms with van der Waals surface area (Å²) in [7, 11) is -1.47. The molecule has 3 aromatic rings. The number of hydrogen-bond acceptors (Lipinski definition) is 4. The van der Waals surface area contributed by atoms with Crippen LogP contribution in [0.25, 0.3) is 16.3 Å². The van der Waals surface area contributed by atoms with E-state index in [1.807, 2.05) is 30.3 Å². The van der Waals surface area contributed by atoms with Crippen molar-refractivity contribution in [2.45, 2.75) is 4.90 Å². The number of sulfone groups is 1. The number of fused-ring (bicyclic) bond motifs is 1. The van der Waals surface area contributed by atoms with Gasteiger partial charge in [0.2, 0.25) is 0 Å². The van der Waals surface area contributed by atoms with Crippen LogP contribution in [0.5, 0.6) is 0 Å². The maximum Gasteiger partial charge on any atom is 0.272 e. The van der Waals surface area contributed by atoms with Crippen LogP contribution >= 0.6 is 11.3 Å². The van der Waals surface area contributed by atoms with E-state index >= 15 is 0 Å². The third-order valence-corrected chi connectivity index (χ3v) is 5.84. The summed E-state index contributed by atoms with van der Waals surface area (Å²) in [6, 6.07) is 14.4. The van der Waals surface area contributed by atoms with E-state index < -0.39 is 9.84 Å². The van der Waals surface area contributed by atoms with Crippen LogP contribution in [0.3, 0.4) is 0 Å². The van der Waals surface area contributed by atoms with Crippen LogP contribution in [-0.4, -0.2) is 25.1 Å². The molecule has 0 atom stereocenters. The van der Waals surface area contributed by atoms with Crippen molar-refractivity contribution in [2.24, 2.45) is 12.0 Å². The molecule has 1 amide bonds. The van der Waals surface area contributed by atoms with E-state index in [2.05, 4.69) is 4.99 Å². The quantitative estimate of drug-likeness (QED) is 0.664. The SMILES string of the molecule is Cn1c(=NC(=O)C=Cc2ccccc2)sc2cc(S(C)(=O)=O)ccc21. The first-order valence-corrected chi connectivity index (χ1v) is 10.2. The maximum absolute atomic E-state index is 12.1. The molecule has 0 saturated heterocycles. The molecule has 0 unspecified atom stereocenters. The molecule has 0 aliphatic carbocycles. The van der Waals surface area contributed by atoms with Crippen molar-refractivity contribution in [3.05, 3.63) is 65.0 Å². The van der Waals surface area contributed by atoms with E-state index in [9.17, 15) is 13.2 Å². The second-order valence-corrected chi connectivity index (χ2v) is 8.56. The summed E-state index contributed by atoms with van der Waals surface area (Å²) in [5.41, 5.74) is 1.75. The number of carbonyl (C=O) groups excluding carboxylic acids is 1. The summed E-state index contributed by atoms with van der Waals surface area (Å²) in [4.78, 5) is 17.0. The Kier molecular flexibility index (Phi) is 4.69. The van der Waals surface area contributed by atoms with Crippen LogP contribution in [0, 0.1) is 0 Å². The Bertz CT molecular complexity index is 1140. The molecule has 7 heteroatoms. The van der Waals surface area contributed by atoms with Gasteiger partial charge in [0, 0.05) is 19.4 Å². The van der Waals surface area contributed by atoms with E-state index in [0.717, 1.165) is 15.8 Å². The first kappa shape index (κ1) is 17.3. The van der Waals surface area contributed by atoms with Crippen molar-refractivity contribution in [3.63, 3.8) is 0 Å². The molecule has 0 radical (unpaired) electrons. The van der Waals surface area contributed by atoms with E-state index in [1.165, 1.54) is 23.7 Å². The highest BCUT2D eigenvalue weighted by molar-refractivity contribution is 7.90. The second kappa shape index (κ2) is 6.78. The fraction of sp³-hybridized carbons (Fsp3) is 0.111. The fourth-order valence-corrected chi connectivity index (χ4v) is 4.10. The third kappa shape index (κ3) is 3.94. The second-order valence-electron chi connectivity index (χ2n) is 5.54. The molecule has 1 aromatic heterocycles. The summed E-state index contributed by atoms with van der Waals surface area (Å²) in [5, 5.41) is 0. The zero-order valence-corrected chi connectivity index (χ0v) is 15.3. The molecule has 0 aliphatic rings. The first-order valence-electron chi connectivity index (χ1n) is 7.46. The van der Waals surface area contributed by atoms with E-state index in [0.29, 0.717) is 4.80 Å². The summed E-state index contributed by atoms with van der Waals surface area (Å²) in [6.45, 7) is 0. The van der Waals surface area contributed by atoms with Gasteiger partial charge in [-0.25, -0.2) is 8.42 Å². The Hall–Kier alpha value is -2.51. The molecule has 0 fully saturated rings. The number of aromatic nitrogens is 1. The zero-order valence-electron chi connectivity index (χ0n) is 13.7. The highest BCUT2D eigenvalue weighted by atomic mass is 32.2. The van der Waals surface area contributed by atoms with Gasteiger partial charge < -0.3 is 4.57 Å². The summed E-state index contributed by atoms with van der Waals surface area (Å²) < 4.78 is 25.9. The molecule has 0 aliphatic heterocycles. The largest absolute Gasteiger partial charge is 0.319 e. The van der Waals surface area contributed by atoms with E-state index in [-0.39, 0.29) is 10.8 Å². The van der Waals surface area contributed by atoms with Gasteiger partial charge in [0.15, 0.2) is 14.6 Å². The van der Waals surface area contributed by atoms with Gasteiger partial charge in [-0.05, 0) is 29.8 Å². The van der Waals surface area contributed by atoms with Crippen LogP contribution < -0.4 is 4.80 Å². The van der Waals surface area contributed by atoms with Crippen LogP contribution in [0.2, 0.25) is 0 Å².